The Hall–Kier alpha value is -2.04. The van der Waals surface area contributed by atoms with Crippen molar-refractivity contribution in [2.75, 3.05) is 13.1 Å². The third-order valence-electron chi connectivity index (χ3n) is 6.42. The molecule has 25 heavy (non-hydrogen) atoms. The molecule has 1 heterocycles. The average Bonchev–Trinajstić information content (AvgIpc) is 3.12. The van der Waals surface area contributed by atoms with Crippen LogP contribution in [0.5, 0.6) is 5.75 Å². The SMILES string of the molecule is O=C(C1CC12CCCC2)N1CCC(Oc2ccccc2)(C(=O)O)CC1. The molecule has 2 aliphatic carbocycles. The number of hydrogen-bond acceptors (Lipinski definition) is 3. The zero-order valence-electron chi connectivity index (χ0n) is 14.4. The van der Waals surface area contributed by atoms with Crippen LogP contribution in [0.1, 0.15) is 44.9 Å². The topological polar surface area (TPSA) is 66.8 Å². The standard InChI is InChI=1S/C20H25NO4/c22-17(16-14-19(16)8-4-5-9-19)21-12-10-20(11-13-21,18(23)24)25-15-6-2-1-3-7-15/h1-3,6-7,16H,4-5,8-14H2,(H,23,24). The van der Waals surface area contributed by atoms with E-state index < -0.39 is 11.6 Å². The lowest BCUT2D eigenvalue weighted by Crippen LogP contribution is -2.54. The third kappa shape index (κ3) is 2.90. The average molecular weight is 343 g/mol. The minimum atomic E-state index is -1.23. The largest absolute Gasteiger partial charge is 0.478 e. The summed E-state index contributed by atoms with van der Waals surface area (Å²) in [7, 11) is 0. The van der Waals surface area contributed by atoms with Crippen LogP contribution in [0, 0.1) is 11.3 Å². The lowest BCUT2D eigenvalue weighted by molar-refractivity contribution is -0.162. The molecule has 0 bridgehead atoms. The number of hydrogen-bond donors (Lipinski definition) is 1. The van der Waals surface area contributed by atoms with E-state index in [0.29, 0.717) is 37.1 Å². The Labute approximate surface area is 148 Å². The number of aliphatic carboxylic acids is 1. The number of amides is 1. The van der Waals surface area contributed by atoms with Crippen molar-refractivity contribution in [3.05, 3.63) is 30.3 Å². The second-order valence-electron chi connectivity index (χ2n) is 7.87. The molecule has 5 heteroatoms. The van der Waals surface area contributed by atoms with Gasteiger partial charge in [0.05, 0.1) is 0 Å². The summed E-state index contributed by atoms with van der Waals surface area (Å²) in [6.07, 6.45) is 6.58. The van der Waals surface area contributed by atoms with E-state index in [-0.39, 0.29) is 11.8 Å². The molecular formula is C20H25NO4. The van der Waals surface area contributed by atoms with Gasteiger partial charge in [0.25, 0.3) is 0 Å². The molecule has 1 N–H and O–H groups in total. The van der Waals surface area contributed by atoms with Crippen molar-refractivity contribution >= 4 is 11.9 Å². The van der Waals surface area contributed by atoms with Gasteiger partial charge in [-0.3, -0.25) is 4.79 Å². The fraction of sp³-hybridized carbons (Fsp3) is 0.600. The number of carboxylic acid groups (broad SMARTS) is 1. The Bertz CT molecular complexity index is 658. The maximum absolute atomic E-state index is 12.8. The minimum absolute atomic E-state index is 0.183. The molecule has 2 saturated carbocycles. The second kappa shape index (κ2) is 6.04. The molecule has 1 amide bonds. The summed E-state index contributed by atoms with van der Waals surface area (Å²) in [5.74, 6) is 0.0434. The van der Waals surface area contributed by atoms with Gasteiger partial charge >= 0.3 is 5.97 Å². The maximum Gasteiger partial charge on any atom is 0.348 e. The van der Waals surface area contributed by atoms with E-state index in [1.54, 1.807) is 12.1 Å². The maximum atomic E-state index is 12.8. The normalized spacial score (nSPS) is 26.4. The van der Waals surface area contributed by atoms with Crippen molar-refractivity contribution in [2.45, 2.75) is 50.5 Å². The molecule has 1 atom stereocenters. The van der Waals surface area contributed by atoms with Crippen LogP contribution < -0.4 is 4.74 Å². The highest BCUT2D eigenvalue weighted by molar-refractivity contribution is 5.84. The number of benzene rings is 1. The second-order valence-corrected chi connectivity index (χ2v) is 7.87. The predicted octanol–water partition coefficient (Wildman–Crippen LogP) is 3.09. The zero-order valence-corrected chi connectivity index (χ0v) is 14.4. The molecule has 1 spiro atoms. The van der Waals surface area contributed by atoms with Gasteiger partial charge in [-0.05, 0) is 36.8 Å². The van der Waals surface area contributed by atoms with E-state index >= 15 is 0 Å². The summed E-state index contributed by atoms with van der Waals surface area (Å²) < 4.78 is 5.86. The number of rotatable bonds is 4. The summed E-state index contributed by atoms with van der Waals surface area (Å²) in [5.41, 5.74) is -0.939. The molecule has 4 rings (SSSR count). The highest BCUT2D eigenvalue weighted by Gasteiger charge is 2.60. The number of para-hydroxylation sites is 1. The van der Waals surface area contributed by atoms with Gasteiger partial charge in [-0.1, -0.05) is 31.0 Å². The molecule has 1 aromatic carbocycles. The number of carbonyl (C=O) groups excluding carboxylic acids is 1. The molecule has 0 aromatic heterocycles. The van der Waals surface area contributed by atoms with Crippen LogP contribution in [0.3, 0.4) is 0 Å². The molecule has 5 nitrogen and oxygen atoms in total. The summed E-state index contributed by atoms with van der Waals surface area (Å²) in [6, 6.07) is 9.08. The molecule has 3 fully saturated rings. The van der Waals surface area contributed by atoms with Gasteiger partial charge in [0.2, 0.25) is 11.5 Å². The molecule has 0 radical (unpaired) electrons. The first-order valence-corrected chi connectivity index (χ1v) is 9.31. The molecular weight excluding hydrogens is 318 g/mol. The number of likely N-dealkylation sites (tertiary alicyclic amines) is 1. The van der Waals surface area contributed by atoms with Crippen molar-refractivity contribution in [3.63, 3.8) is 0 Å². The molecule has 1 saturated heterocycles. The highest BCUT2D eigenvalue weighted by Crippen LogP contribution is 2.63. The zero-order chi connectivity index (χ0) is 17.5. The van der Waals surface area contributed by atoms with E-state index in [0.717, 1.165) is 6.42 Å². The van der Waals surface area contributed by atoms with Crippen LogP contribution in [-0.2, 0) is 9.59 Å². The van der Waals surface area contributed by atoms with Crippen LogP contribution in [0.4, 0.5) is 0 Å². The van der Waals surface area contributed by atoms with E-state index in [1.807, 2.05) is 23.1 Å². The van der Waals surface area contributed by atoms with Crippen molar-refractivity contribution in [1.29, 1.82) is 0 Å². The first-order chi connectivity index (χ1) is 12.0. The van der Waals surface area contributed by atoms with Crippen molar-refractivity contribution in [2.24, 2.45) is 11.3 Å². The summed E-state index contributed by atoms with van der Waals surface area (Å²) in [6.45, 7) is 0.926. The quantitative estimate of drug-likeness (QED) is 0.912. The minimum Gasteiger partial charge on any atom is -0.478 e. The number of piperidine rings is 1. The van der Waals surface area contributed by atoms with Gasteiger partial charge < -0.3 is 14.7 Å². The van der Waals surface area contributed by atoms with Crippen LogP contribution >= 0.6 is 0 Å². The van der Waals surface area contributed by atoms with Gasteiger partial charge in [0.15, 0.2) is 0 Å². The van der Waals surface area contributed by atoms with E-state index in [9.17, 15) is 14.7 Å². The van der Waals surface area contributed by atoms with Crippen LogP contribution in [-0.4, -0.2) is 40.6 Å². The van der Waals surface area contributed by atoms with Gasteiger partial charge in [-0.2, -0.15) is 0 Å². The smallest absolute Gasteiger partial charge is 0.348 e. The highest BCUT2D eigenvalue weighted by atomic mass is 16.5. The van der Waals surface area contributed by atoms with E-state index in [4.69, 9.17) is 4.74 Å². The van der Waals surface area contributed by atoms with Gasteiger partial charge in [0.1, 0.15) is 5.75 Å². The predicted molar refractivity (Wildman–Crippen MR) is 92.3 cm³/mol. The Morgan fingerprint density at radius 1 is 1.04 bits per heavy atom. The van der Waals surface area contributed by atoms with Crippen LogP contribution in [0.15, 0.2) is 30.3 Å². The third-order valence-corrected chi connectivity index (χ3v) is 6.42. The number of nitrogens with zero attached hydrogens (tertiary/aromatic N) is 1. The summed E-state index contributed by atoms with van der Waals surface area (Å²) in [4.78, 5) is 26.5. The summed E-state index contributed by atoms with van der Waals surface area (Å²) >= 11 is 0. The van der Waals surface area contributed by atoms with Crippen molar-refractivity contribution in [3.8, 4) is 5.75 Å². The van der Waals surface area contributed by atoms with E-state index in [1.165, 1.54) is 25.7 Å². The lowest BCUT2D eigenvalue weighted by Gasteiger charge is -2.39. The van der Waals surface area contributed by atoms with Gasteiger partial charge in [0, 0.05) is 31.8 Å². The number of carboxylic acids is 1. The molecule has 3 aliphatic rings. The number of ether oxygens (including phenoxy) is 1. The molecule has 134 valence electrons. The molecule has 1 aromatic rings. The van der Waals surface area contributed by atoms with Crippen molar-refractivity contribution in [1.82, 2.24) is 4.90 Å². The first-order valence-electron chi connectivity index (χ1n) is 9.31. The fourth-order valence-electron chi connectivity index (χ4n) is 4.71. The summed E-state index contributed by atoms with van der Waals surface area (Å²) in [5, 5.41) is 9.74. The Kier molecular flexibility index (Phi) is 3.97. The Morgan fingerprint density at radius 2 is 1.68 bits per heavy atom. The van der Waals surface area contributed by atoms with Gasteiger partial charge in [-0.15, -0.1) is 0 Å². The Balaban J connectivity index is 1.40. The van der Waals surface area contributed by atoms with Crippen LogP contribution in [0.25, 0.3) is 0 Å². The lowest BCUT2D eigenvalue weighted by atomic mass is 9.90. The Morgan fingerprint density at radius 3 is 2.28 bits per heavy atom. The molecule has 1 unspecified atom stereocenters. The first kappa shape index (κ1) is 16.4. The van der Waals surface area contributed by atoms with E-state index in [2.05, 4.69) is 0 Å². The molecule has 1 aliphatic heterocycles. The van der Waals surface area contributed by atoms with Crippen LogP contribution in [0.2, 0.25) is 0 Å². The van der Waals surface area contributed by atoms with Crippen molar-refractivity contribution < 1.29 is 19.4 Å². The fourth-order valence-corrected chi connectivity index (χ4v) is 4.71. The van der Waals surface area contributed by atoms with Gasteiger partial charge in [-0.25, -0.2) is 4.79 Å². The monoisotopic (exact) mass is 343 g/mol. The number of carbonyl (C=O) groups is 2.